The van der Waals surface area contributed by atoms with E-state index >= 15 is 0 Å². The fraction of sp³-hybridized carbons (Fsp3) is 0.385. The van der Waals surface area contributed by atoms with Crippen LogP contribution in [0.3, 0.4) is 0 Å². The molecule has 0 bridgehead atoms. The Morgan fingerprint density at radius 3 is 2.37 bits per heavy atom. The minimum absolute atomic E-state index is 0.133. The van der Waals surface area contributed by atoms with Gasteiger partial charge in [-0.25, -0.2) is 0 Å². The molecule has 0 unspecified atom stereocenters. The van der Waals surface area contributed by atoms with E-state index in [-0.39, 0.29) is 5.92 Å². The number of nitrogens with zero attached hydrogens (tertiary/aromatic N) is 1. The fourth-order valence-corrected chi connectivity index (χ4v) is 4.57. The molecule has 2 heterocycles. The van der Waals surface area contributed by atoms with Crippen molar-refractivity contribution in [1.29, 1.82) is 0 Å². The van der Waals surface area contributed by atoms with Crippen LogP contribution in [-0.4, -0.2) is 36.2 Å². The zero-order chi connectivity index (χ0) is 20.8. The zero-order valence-corrected chi connectivity index (χ0v) is 17.7. The number of benzene rings is 2. The highest BCUT2D eigenvalue weighted by Gasteiger charge is 2.42. The standard InChI is InChI=1S/C26H31NO3/c1-2-24(21-9-4-3-5-10-21)26(28,25-11-8-19-30-25)22-12-14-23(15-13-22)29-20-18-27-16-6-7-17-27/h3-5,8-15,19,24,28H,2,6-7,16-18,20H2,1H3/t24-,26+/m1/s1. The summed E-state index contributed by atoms with van der Waals surface area (Å²) in [6, 6.07) is 21.6. The number of ether oxygens (including phenoxy) is 1. The van der Waals surface area contributed by atoms with E-state index in [0.29, 0.717) is 12.4 Å². The predicted octanol–water partition coefficient (Wildman–Crippen LogP) is 5.18. The molecule has 4 rings (SSSR count). The van der Waals surface area contributed by atoms with Crippen LogP contribution in [0.4, 0.5) is 0 Å². The lowest BCUT2D eigenvalue weighted by atomic mass is 9.74. The van der Waals surface area contributed by atoms with Crippen LogP contribution in [0.5, 0.6) is 5.75 Å². The summed E-state index contributed by atoms with van der Waals surface area (Å²) in [6.07, 6.45) is 4.98. The van der Waals surface area contributed by atoms with Crippen LogP contribution in [0.1, 0.15) is 49.0 Å². The Hall–Kier alpha value is -2.56. The van der Waals surface area contributed by atoms with Crippen LogP contribution >= 0.6 is 0 Å². The molecular formula is C26H31NO3. The number of hydrogen-bond donors (Lipinski definition) is 1. The van der Waals surface area contributed by atoms with Crippen molar-refractivity contribution in [2.45, 2.75) is 37.7 Å². The van der Waals surface area contributed by atoms with Gasteiger partial charge in [-0.1, -0.05) is 49.4 Å². The first kappa shape index (κ1) is 20.7. The molecule has 0 aliphatic carbocycles. The normalized spacial score (nSPS) is 17.5. The molecule has 1 aromatic heterocycles. The lowest BCUT2D eigenvalue weighted by molar-refractivity contribution is 0.0259. The Balaban J connectivity index is 1.56. The second kappa shape index (κ2) is 9.50. The van der Waals surface area contributed by atoms with E-state index in [1.54, 1.807) is 6.26 Å². The van der Waals surface area contributed by atoms with E-state index < -0.39 is 5.60 Å². The summed E-state index contributed by atoms with van der Waals surface area (Å²) in [6.45, 7) is 6.10. The Labute approximate surface area is 179 Å². The number of aliphatic hydroxyl groups is 1. The van der Waals surface area contributed by atoms with E-state index in [2.05, 4.69) is 24.0 Å². The molecule has 1 aliphatic rings. The van der Waals surface area contributed by atoms with Gasteiger partial charge in [0, 0.05) is 12.5 Å². The van der Waals surface area contributed by atoms with Crippen molar-refractivity contribution in [3.63, 3.8) is 0 Å². The van der Waals surface area contributed by atoms with E-state index in [9.17, 15) is 5.11 Å². The van der Waals surface area contributed by atoms with Crippen LogP contribution in [-0.2, 0) is 5.60 Å². The molecule has 0 spiro atoms. The fourth-order valence-electron chi connectivity index (χ4n) is 4.57. The van der Waals surface area contributed by atoms with Gasteiger partial charge in [-0.15, -0.1) is 0 Å². The second-order valence-corrected chi connectivity index (χ2v) is 8.04. The molecule has 158 valence electrons. The lowest BCUT2D eigenvalue weighted by Crippen LogP contribution is -2.34. The Kier molecular flexibility index (Phi) is 6.56. The highest BCUT2D eigenvalue weighted by Crippen LogP contribution is 2.44. The third-order valence-corrected chi connectivity index (χ3v) is 6.18. The van der Waals surface area contributed by atoms with Gasteiger partial charge in [-0.05, 0) is 67.7 Å². The van der Waals surface area contributed by atoms with Crippen LogP contribution < -0.4 is 4.74 Å². The van der Waals surface area contributed by atoms with Crippen LogP contribution in [0.2, 0.25) is 0 Å². The van der Waals surface area contributed by atoms with Crippen molar-refractivity contribution in [2.24, 2.45) is 0 Å². The summed E-state index contributed by atoms with van der Waals surface area (Å²) >= 11 is 0. The van der Waals surface area contributed by atoms with Gasteiger partial charge in [0.2, 0.25) is 0 Å². The summed E-state index contributed by atoms with van der Waals surface area (Å²) in [4.78, 5) is 2.44. The van der Waals surface area contributed by atoms with Gasteiger partial charge in [0.15, 0.2) is 5.60 Å². The van der Waals surface area contributed by atoms with Crippen molar-refractivity contribution in [1.82, 2.24) is 4.90 Å². The maximum atomic E-state index is 12.0. The maximum Gasteiger partial charge on any atom is 0.154 e. The van der Waals surface area contributed by atoms with Crippen molar-refractivity contribution in [2.75, 3.05) is 26.2 Å². The minimum atomic E-state index is -1.26. The quantitative estimate of drug-likeness (QED) is 0.533. The number of furan rings is 1. The monoisotopic (exact) mass is 405 g/mol. The van der Waals surface area contributed by atoms with Gasteiger partial charge in [0.25, 0.3) is 0 Å². The maximum absolute atomic E-state index is 12.0. The first-order valence-electron chi connectivity index (χ1n) is 11.0. The molecular weight excluding hydrogens is 374 g/mol. The summed E-state index contributed by atoms with van der Waals surface area (Å²) < 4.78 is 11.7. The Morgan fingerprint density at radius 1 is 1.00 bits per heavy atom. The van der Waals surface area contributed by atoms with Gasteiger partial charge in [-0.3, -0.25) is 4.90 Å². The second-order valence-electron chi connectivity index (χ2n) is 8.04. The molecule has 30 heavy (non-hydrogen) atoms. The highest BCUT2D eigenvalue weighted by molar-refractivity contribution is 5.40. The topological polar surface area (TPSA) is 45.8 Å². The van der Waals surface area contributed by atoms with E-state index in [4.69, 9.17) is 9.15 Å². The van der Waals surface area contributed by atoms with E-state index in [1.807, 2.05) is 54.6 Å². The Morgan fingerprint density at radius 2 is 1.73 bits per heavy atom. The summed E-state index contributed by atoms with van der Waals surface area (Å²) in [5.74, 6) is 1.25. The lowest BCUT2D eigenvalue weighted by Gasteiger charge is -2.35. The Bertz CT molecular complexity index is 886. The van der Waals surface area contributed by atoms with Crippen LogP contribution in [0.15, 0.2) is 77.4 Å². The SMILES string of the molecule is CC[C@H](c1ccccc1)[C@@](O)(c1ccc(OCCN2CCCC2)cc1)c1ccco1. The van der Waals surface area contributed by atoms with Crippen molar-refractivity contribution in [3.05, 3.63) is 89.9 Å². The molecule has 0 saturated carbocycles. The van der Waals surface area contributed by atoms with Crippen LogP contribution in [0, 0.1) is 0 Å². The summed E-state index contributed by atoms with van der Waals surface area (Å²) in [7, 11) is 0. The van der Waals surface area contributed by atoms with Crippen molar-refractivity contribution < 1.29 is 14.3 Å². The van der Waals surface area contributed by atoms with Gasteiger partial charge in [0.05, 0.1) is 6.26 Å². The molecule has 0 amide bonds. The molecule has 1 saturated heterocycles. The third-order valence-electron chi connectivity index (χ3n) is 6.18. The third kappa shape index (κ3) is 4.30. The van der Waals surface area contributed by atoms with Gasteiger partial charge in [-0.2, -0.15) is 0 Å². The number of likely N-dealkylation sites (tertiary alicyclic amines) is 1. The first-order valence-corrected chi connectivity index (χ1v) is 11.0. The highest BCUT2D eigenvalue weighted by atomic mass is 16.5. The van der Waals surface area contributed by atoms with Gasteiger partial charge in [0.1, 0.15) is 18.1 Å². The average Bonchev–Trinajstić information content (AvgIpc) is 3.50. The molecule has 4 nitrogen and oxygen atoms in total. The summed E-state index contributed by atoms with van der Waals surface area (Å²) in [5.41, 5.74) is 0.637. The molecule has 1 fully saturated rings. The average molecular weight is 406 g/mol. The van der Waals surface area contributed by atoms with Gasteiger partial charge >= 0.3 is 0 Å². The zero-order valence-electron chi connectivity index (χ0n) is 17.7. The molecule has 2 aromatic carbocycles. The summed E-state index contributed by atoms with van der Waals surface area (Å²) in [5, 5.41) is 12.0. The first-order chi connectivity index (χ1) is 14.7. The van der Waals surface area contributed by atoms with Gasteiger partial charge < -0.3 is 14.3 Å². The van der Waals surface area contributed by atoms with E-state index in [0.717, 1.165) is 29.8 Å². The van der Waals surface area contributed by atoms with Crippen molar-refractivity contribution in [3.8, 4) is 5.75 Å². The van der Waals surface area contributed by atoms with Crippen molar-refractivity contribution >= 4 is 0 Å². The molecule has 1 N–H and O–H groups in total. The molecule has 1 aliphatic heterocycles. The number of rotatable bonds is 9. The van der Waals surface area contributed by atoms with Crippen LogP contribution in [0.25, 0.3) is 0 Å². The van der Waals surface area contributed by atoms with E-state index in [1.165, 1.54) is 25.9 Å². The molecule has 0 radical (unpaired) electrons. The minimum Gasteiger partial charge on any atom is -0.492 e. The molecule has 4 heteroatoms. The smallest absolute Gasteiger partial charge is 0.154 e. The number of hydrogen-bond acceptors (Lipinski definition) is 4. The largest absolute Gasteiger partial charge is 0.492 e. The predicted molar refractivity (Wildman–Crippen MR) is 119 cm³/mol. The molecule has 3 aromatic rings. The molecule has 2 atom stereocenters.